The Labute approximate surface area is 115 Å². The summed E-state index contributed by atoms with van der Waals surface area (Å²) in [6, 6.07) is 0. The van der Waals surface area contributed by atoms with E-state index in [1.165, 1.54) is 7.11 Å². The summed E-state index contributed by atoms with van der Waals surface area (Å²) in [5.41, 5.74) is 4.76. The lowest BCUT2D eigenvalue weighted by atomic mass is 9.75. The van der Waals surface area contributed by atoms with Crippen molar-refractivity contribution in [2.24, 2.45) is 11.7 Å². The number of sulfonamides is 1. The van der Waals surface area contributed by atoms with Crippen molar-refractivity contribution in [3.05, 3.63) is 0 Å². The van der Waals surface area contributed by atoms with Crippen LogP contribution in [0.2, 0.25) is 0 Å². The molecule has 0 aromatic heterocycles. The molecule has 1 saturated carbocycles. The molecule has 0 aromatic carbocycles. The summed E-state index contributed by atoms with van der Waals surface area (Å²) in [4.78, 5) is 0. The van der Waals surface area contributed by atoms with E-state index in [-0.39, 0.29) is 18.2 Å². The molecular formula is C12H25N3O3S. The summed E-state index contributed by atoms with van der Waals surface area (Å²) < 4.78 is 31.4. The summed E-state index contributed by atoms with van der Waals surface area (Å²) in [6.07, 6.45) is 4.11. The van der Waals surface area contributed by atoms with Gasteiger partial charge in [0, 0.05) is 7.11 Å². The summed E-state index contributed by atoms with van der Waals surface area (Å²) in [5.74, 6) is 0.425. The number of amidine groups is 1. The third kappa shape index (κ3) is 4.43. The molecule has 6 nitrogen and oxygen atoms in total. The molecule has 0 atom stereocenters. The van der Waals surface area contributed by atoms with E-state index >= 15 is 0 Å². The number of nitrogens with one attached hydrogen (secondary N) is 2. The molecule has 1 aliphatic rings. The zero-order valence-corrected chi connectivity index (χ0v) is 12.6. The van der Waals surface area contributed by atoms with Crippen LogP contribution in [0.4, 0.5) is 0 Å². The van der Waals surface area contributed by atoms with Crippen molar-refractivity contribution in [2.45, 2.75) is 44.6 Å². The van der Waals surface area contributed by atoms with Crippen LogP contribution in [-0.2, 0) is 14.8 Å². The van der Waals surface area contributed by atoms with Crippen molar-refractivity contribution in [1.82, 2.24) is 4.72 Å². The zero-order chi connectivity index (χ0) is 14.5. The topological polar surface area (TPSA) is 105 Å². The lowest BCUT2D eigenvalue weighted by Gasteiger charge is -2.39. The predicted octanol–water partition coefficient (Wildman–Crippen LogP) is 0.827. The number of ether oxygens (including phenoxy) is 1. The standard InChI is InChI=1S/C12H25N3O3S/c1-3-10-4-6-12(7-5-10,11(13)14)15-19(16,17)9-8-18-2/h10,15H,3-9H2,1-2H3,(H3,13,14). The van der Waals surface area contributed by atoms with Crippen molar-refractivity contribution in [2.75, 3.05) is 19.5 Å². The molecule has 0 heterocycles. The minimum atomic E-state index is -3.47. The first kappa shape index (κ1) is 16.4. The molecule has 112 valence electrons. The first-order valence-corrected chi connectivity index (χ1v) is 8.35. The van der Waals surface area contributed by atoms with Gasteiger partial charge in [0.25, 0.3) is 0 Å². The van der Waals surface area contributed by atoms with Crippen molar-refractivity contribution < 1.29 is 13.2 Å². The van der Waals surface area contributed by atoms with Gasteiger partial charge in [-0.25, -0.2) is 13.1 Å². The molecule has 0 radical (unpaired) electrons. The Morgan fingerprint density at radius 1 is 1.47 bits per heavy atom. The third-order valence-electron chi connectivity index (χ3n) is 3.96. The van der Waals surface area contributed by atoms with Crippen molar-refractivity contribution in [3.63, 3.8) is 0 Å². The van der Waals surface area contributed by atoms with Gasteiger partial charge in [0.2, 0.25) is 10.0 Å². The molecular weight excluding hydrogens is 266 g/mol. The van der Waals surface area contributed by atoms with E-state index in [2.05, 4.69) is 11.6 Å². The second-order valence-corrected chi connectivity index (χ2v) is 7.10. The minimum absolute atomic E-state index is 0.0805. The molecule has 0 unspecified atom stereocenters. The van der Waals surface area contributed by atoms with E-state index in [1.54, 1.807) is 0 Å². The van der Waals surface area contributed by atoms with Crippen LogP contribution in [0.1, 0.15) is 39.0 Å². The molecule has 7 heteroatoms. The van der Waals surface area contributed by atoms with Crippen LogP contribution in [0, 0.1) is 11.3 Å². The lowest BCUT2D eigenvalue weighted by molar-refractivity contribution is 0.216. The minimum Gasteiger partial charge on any atom is -0.386 e. The maximum Gasteiger partial charge on any atom is 0.214 e. The van der Waals surface area contributed by atoms with Gasteiger partial charge in [-0.1, -0.05) is 13.3 Å². The molecule has 0 aliphatic heterocycles. The number of rotatable bonds is 7. The quantitative estimate of drug-likeness (QED) is 0.477. The second-order valence-electron chi connectivity index (χ2n) is 5.26. The zero-order valence-electron chi connectivity index (χ0n) is 11.7. The predicted molar refractivity (Wildman–Crippen MR) is 75.7 cm³/mol. The Kier molecular flexibility index (Phi) is 5.76. The first-order chi connectivity index (χ1) is 8.85. The Balaban J connectivity index is 2.76. The van der Waals surface area contributed by atoms with E-state index in [0.717, 1.165) is 19.3 Å². The van der Waals surface area contributed by atoms with Gasteiger partial charge in [0.1, 0.15) is 5.84 Å². The SMILES string of the molecule is CCC1CCC(NS(=O)(=O)CCOC)(C(=N)N)CC1. The normalized spacial score (nSPS) is 28.2. The number of methoxy groups -OCH3 is 1. The average molecular weight is 291 g/mol. The molecule has 0 amide bonds. The number of hydrogen-bond donors (Lipinski definition) is 3. The summed E-state index contributed by atoms with van der Waals surface area (Å²) in [5, 5.41) is 7.74. The van der Waals surface area contributed by atoms with Crippen LogP contribution in [0.25, 0.3) is 0 Å². The third-order valence-corrected chi connectivity index (χ3v) is 5.36. The van der Waals surface area contributed by atoms with Crippen LogP contribution >= 0.6 is 0 Å². The van der Waals surface area contributed by atoms with E-state index in [1.807, 2.05) is 0 Å². The Hall–Kier alpha value is -0.660. The van der Waals surface area contributed by atoms with Crippen LogP contribution < -0.4 is 10.5 Å². The number of nitrogens with two attached hydrogens (primary N) is 1. The highest BCUT2D eigenvalue weighted by molar-refractivity contribution is 7.89. The van der Waals surface area contributed by atoms with Crippen LogP contribution in [0.3, 0.4) is 0 Å². The van der Waals surface area contributed by atoms with Gasteiger partial charge < -0.3 is 10.5 Å². The highest BCUT2D eigenvalue weighted by Gasteiger charge is 2.40. The first-order valence-electron chi connectivity index (χ1n) is 6.70. The van der Waals surface area contributed by atoms with Gasteiger partial charge in [0.05, 0.1) is 17.9 Å². The van der Waals surface area contributed by atoms with Gasteiger partial charge in [-0.15, -0.1) is 0 Å². The Morgan fingerprint density at radius 3 is 2.47 bits per heavy atom. The largest absolute Gasteiger partial charge is 0.386 e. The molecule has 19 heavy (non-hydrogen) atoms. The molecule has 1 fully saturated rings. The lowest BCUT2D eigenvalue weighted by Crippen LogP contribution is -2.59. The fourth-order valence-corrected chi connectivity index (χ4v) is 3.94. The smallest absolute Gasteiger partial charge is 0.214 e. The van der Waals surface area contributed by atoms with Gasteiger partial charge >= 0.3 is 0 Å². The summed E-state index contributed by atoms with van der Waals surface area (Å²) in [6.45, 7) is 2.27. The Morgan fingerprint density at radius 2 is 2.05 bits per heavy atom. The van der Waals surface area contributed by atoms with Crippen molar-refractivity contribution >= 4 is 15.9 Å². The second kappa shape index (κ2) is 6.67. The molecule has 0 spiro atoms. The van der Waals surface area contributed by atoms with E-state index < -0.39 is 15.6 Å². The highest BCUT2D eigenvalue weighted by Crippen LogP contribution is 2.34. The van der Waals surface area contributed by atoms with Crippen LogP contribution in [0.5, 0.6) is 0 Å². The number of hydrogen-bond acceptors (Lipinski definition) is 4. The van der Waals surface area contributed by atoms with E-state index in [4.69, 9.17) is 15.9 Å². The average Bonchev–Trinajstić information content (AvgIpc) is 2.36. The molecule has 0 saturated heterocycles. The fourth-order valence-electron chi connectivity index (χ4n) is 2.55. The van der Waals surface area contributed by atoms with E-state index in [9.17, 15) is 8.42 Å². The Bertz CT molecular complexity index is 400. The summed E-state index contributed by atoms with van der Waals surface area (Å²) in [7, 11) is -2.01. The van der Waals surface area contributed by atoms with Crippen molar-refractivity contribution in [1.29, 1.82) is 5.41 Å². The molecule has 1 rings (SSSR count). The van der Waals surface area contributed by atoms with Crippen molar-refractivity contribution in [3.8, 4) is 0 Å². The molecule has 4 N–H and O–H groups in total. The molecule has 0 bridgehead atoms. The highest BCUT2D eigenvalue weighted by atomic mass is 32.2. The maximum absolute atomic E-state index is 12.0. The summed E-state index contributed by atoms with van der Waals surface area (Å²) >= 11 is 0. The van der Waals surface area contributed by atoms with Crippen LogP contribution in [0.15, 0.2) is 0 Å². The molecule has 0 aromatic rings. The van der Waals surface area contributed by atoms with Crippen LogP contribution in [-0.4, -0.2) is 39.3 Å². The maximum atomic E-state index is 12.0. The van der Waals surface area contributed by atoms with Gasteiger partial charge in [-0.05, 0) is 31.6 Å². The fraction of sp³-hybridized carbons (Fsp3) is 0.917. The van der Waals surface area contributed by atoms with Gasteiger partial charge in [0.15, 0.2) is 0 Å². The van der Waals surface area contributed by atoms with E-state index in [0.29, 0.717) is 18.8 Å². The van der Waals surface area contributed by atoms with Gasteiger partial charge in [-0.3, -0.25) is 5.41 Å². The molecule has 1 aliphatic carbocycles. The van der Waals surface area contributed by atoms with Gasteiger partial charge in [-0.2, -0.15) is 0 Å². The monoisotopic (exact) mass is 291 g/mol.